The second kappa shape index (κ2) is 5.33. The SMILES string of the molecule is N=C(N)N(O)CCCC(N)C(=O)O. The second-order valence-corrected chi connectivity index (χ2v) is 2.60. The van der Waals surface area contributed by atoms with Crippen molar-refractivity contribution in [3.8, 4) is 0 Å². The van der Waals surface area contributed by atoms with E-state index in [0.717, 1.165) is 0 Å². The van der Waals surface area contributed by atoms with E-state index in [1.54, 1.807) is 0 Å². The van der Waals surface area contributed by atoms with Crippen molar-refractivity contribution in [1.82, 2.24) is 5.06 Å². The molecule has 0 aliphatic rings. The van der Waals surface area contributed by atoms with Crippen LogP contribution in [0.1, 0.15) is 12.8 Å². The van der Waals surface area contributed by atoms with Crippen LogP contribution in [0.15, 0.2) is 0 Å². The minimum Gasteiger partial charge on any atom is -0.480 e. The number of nitrogens with zero attached hydrogens (tertiary/aromatic N) is 1. The maximum atomic E-state index is 10.2. The van der Waals surface area contributed by atoms with E-state index in [4.69, 9.17) is 27.2 Å². The molecular weight excluding hydrogens is 176 g/mol. The zero-order valence-corrected chi connectivity index (χ0v) is 7.10. The van der Waals surface area contributed by atoms with Gasteiger partial charge in [0, 0.05) is 6.54 Å². The van der Waals surface area contributed by atoms with E-state index in [1.807, 2.05) is 0 Å². The number of hydrogen-bond donors (Lipinski definition) is 5. The summed E-state index contributed by atoms with van der Waals surface area (Å²) in [6, 6.07) is -0.930. The standard InChI is InChI=1S/C6H14N4O3/c7-4(5(11)12)2-1-3-10(13)6(8)9/h4,13H,1-3,7H2,(H3,8,9)(H,11,12). The van der Waals surface area contributed by atoms with Crippen molar-refractivity contribution in [3.05, 3.63) is 0 Å². The predicted octanol–water partition coefficient (Wildman–Crippen LogP) is -1.24. The summed E-state index contributed by atoms with van der Waals surface area (Å²) in [5, 5.41) is 24.6. The Morgan fingerprint density at radius 3 is 2.54 bits per heavy atom. The molecule has 0 heterocycles. The lowest BCUT2D eigenvalue weighted by atomic mass is 10.2. The summed E-state index contributed by atoms with van der Waals surface area (Å²) in [6.07, 6.45) is 0.600. The lowest BCUT2D eigenvalue weighted by Crippen LogP contribution is -2.36. The highest BCUT2D eigenvalue weighted by Crippen LogP contribution is 1.96. The number of carboxylic acid groups (broad SMARTS) is 1. The minimum absolute atomic E-state index is 0.107. The number of hydroxylamine groups is 2. The smallest absolute Gasteiger partial charge is 0.320 e. The Balaban J connectivity index is 3.56. The summed E-state index contributed by atoms with van der Waals surface area (Å²) < 4.78 is 0. The van der Waals surface area contributed by atoms with Crippen molar-refractivity contribution in [2.24, 2.45) is 11.5 Å². The van der Waals surface area contributed by atoms with Gasteiger partial charge in [0.05, 0.1) is 0 Å². The van der Waals surface area contributed by atoms with Gasteiger partial charge in [-0.2, -0.15) is 0 Å². The minimum atomic E-state index is -1.08. The van der Waals surface area contributed by atoms with Crippen molar-refractivity contribution in [3.63, 3.8) is 0 Å². The molecule has 7 N–H and O–H groups in total. The molecule has 0 aliphatic heterocycles. The Labute approximate surface area is 75.4 Å². The van der Waals surface area contributed by atoms with Gasteiger partial charge in [0.25, 0.3) is 0 Å². The van der Waals surface area contributed by atoms with Crippen molar-refractivity contribution in [1.29, 1.82) is 5.41 Å². The van der Waals surface area contributed by atoms with Crippen LogP contribution < -0.4 is 11.5 Å². The summed E-state index contributed by atoms with van der Waals surface area (Å²) in [6.45, 7) is 0.107. The molecule has 0 aromatic heterocycles. The number of carboxylic acids is 1. The molecule has 7 nitrogen and oxygen atoms in total. The van der Waals surface area contributed by atoms with Crippen LogP contribution in [0.3, 0.4) is 0 Å². The maximum absolute atomic E-state index is 10.2. The highest BCUT2D eigenvalue weighted by molar-refractivity contribution is 5.73. The molecule has 76 valence electrons. The summed E-state index contributed by atoms with van der Waals surface area (Å²) in [4.78, 5) is 10.2. The maximum Gasteiger partial charge on any atom is 0.320 e. The first-order valence-corrected chi connectivity index (χ1v) is 3.74. The fraction of sp³-hybridized carbons (Fsp3) is 0.667. The van der Waals surface area contributed by atoms with Gasteiger partial charge in [-0.25, -0.2) is 5.06 Å². The van der Waals surface area contributed by atoms with Gasteiger partial charge in [-0.05, 0) is 12.8 Å². The number of nitrogens with two attached hydrogens (primary N) is 2. The van der Waals surface area contributed by atoms with Crippen molar-refractivity contribution in [2.75, 3.05) is 6.54 Å². The van der Waals surface area contributed by atoms with Crippen molar-refractivity contribution >= 4 is 11.9 Å². The number of nitrogens with one attached hydrogen (secondary N) is 1. The van der Waals surface area contributed by atoms with Crippen LogP contribution in [0, 0.1) is 5.41 Å². The van der Waals surface area contributed by atoms with E-state index in [0.29, 0.717) is 11.5 Å². The van der Waals surface area contributed by atoms with Gasteiger partial charge >= 0.3 is 5.97 Å². The number of rotatable bonds is 5. The Bertz CT molecular complexity index is 176. The van der Waals surface area contributed by atoms with Gasteiger partial charge in [0.2, 0.25) is 5.96 Å². The molecule has 1 unspecified atom stereocenters. The van der Waals surface area contributed by atoms with Crippen molar-refractivity contribution < 1.29 is 15.1 Å². The summed E-state index contributed by atoms with van der Waals surface area (Å²) in [7, 11) is 0. The van der Waals surface area contributed by atoms with Crippen LogP contribution in [0.2, 0.25) is 0 Å². The molecule has 0 amide bonds. The van der Waals surface area contributed by atoms with Gasteiger partial charge < -0.3 is 16.6 Å². The van der Waals surface area contributed by atoms with Crippen LogP contribution in [-0.2, 0) is 4.79 Å². The van der Waals surface area contributed by atoms with Crippen LogP contribution in [-0.4, -0.2) is 39.9 Å². The molecule has 1 atom stereocenters. The zero-order valence-electron chi connectivity index (χ0n) is 7.10. The monoisotopic (exact) mass is 190 g/mol. The molecule has 0 fully saturated rings. The normalized spacial score (nSPS) is 12.2. The topological polar surface area (TPSA) is 137 Å². The average Bonchev–Trinajstić information content (AvgIpc) is 2.03. The lowest BCUT2D eigenvalue weighted by Gasteiger charge is -2.14. The Kier molecular flexibility index (Phi) is 4.78. The highest BCUT2D eigenvalue weighted by Gasteiger charge is 2.11. The first-order chi connectivity index (χ1) is 5.95. The fourth-order valence-corrected chi connectivity index (χ4v) is 0.705. The van der Waals surface area contributed by atoms with E-state index in [9.17, 15) is 4.79 Å². The zero-order chi connectivity index (χ0) is 10.4. The largest absolute Gasteiger partial charge is 0.480 e. The Hall–Kier alpha value is -1.34. The number of carbonyl (C=O) groups is 1. The number of aliphatic carboxylic acids is 1. The third-order valence-electron chi connectivity index (χ3n) is 1.48. The molecule has 0 aromatic rings. The molecule has 0 bridgehead atoms. The predicted molar refractivity (Wildman–Crippen MR) is 45.3 cm³/mol. The lowest BCUT2D eigenvalue weighted by molar-refractivity contribution is -0.138. The van der Waals surface area contributed by atoms with E-state index < -0.39 is 18.0 Å². The molecular formula is C6H14N4O3. The van der Waals surface area contributed by atoms with E-state index in [1.165, 1.54) is 0 Å². The first kappa shape index (κ1) is 11.7. The molecule has 0 saturated carbocycles. The molecule has 13 heavy (non-hydrogen) atoms. The molecule has 0 saturated heterocycles. The quantitative estimate of drug-likeness (QED) is 0.209. The van der Waals surface area contributed by atoms with Crippen LogP contribution in [0.4, 0.5) is 0 Å². The van der Waals surface area contributed by atoms with E-state index >= 15 is 0 Å². The van der Waals surface area contributed by atoms with Crippen LogP contribution in [0.25, 0.3) is 0 Å². The van der Waals surface area contributed by atoms with Gasteiger partial charge in [0.1, 0.15) is 6.04 Å². The van der Waals surface area contributed by atoms with Gasteiger partial charge in [-0.1, -0.05) is 0 Å². The van der Waals surface area contributed by atoms with E-state index in [2.05, 4.69) is 0 Å². The first-order valence-electron chi connectivity index (χ1n) is 3.74. The average molecular weight is 190 g/mol. The molecule has 0 spiro atoms. The summed E-state index contributed by atoms with van der Waals surface area (Å²) >= 11 is 0. The van der Waals surface area contributed by atoms with E-state index in [-0.39, 0.29) is 13.0 Å². The Morgan fingerprint density at radius 2 is 2.15 bits per heavy atom. The third-order valence-corrected chi connectivity index (χ3v) is 1.48. The van der Waals surface area contributed by atoms with Crippen LogP contribution in [0.5, 0.6) is 0 Å². The molecule has 0 aromatic carbocycles. The molecule has 0 radical (unpaired) electrons. The third kappa shape index (κ3) is 4.99. The van der Waals surface area contributed by atoms with Gasteiger partial charge in [-0.15, -0.1) is 0 Å². The van der Waals surface area contributed by atoms with Crippen molar-refractivity contribution in [2.45, 2.75) is 18.9 Å². The molecule has 7 heteroatoms. The number of guanidine groups is 1. The second-order valence-electron chi connectivity index (χ2n) is 2.60. The van der Waals surface area contributed by atoms with Gasteiger partial charge in [-0.3, -0.25) is 15.4 Å². The Morgan fingerprint density at radius 1 is 1.62 bits per heavy atom. The fourth-order valence-electron chi connectivity index (χ4n) is 0.705. The van der Waals surface area contributed by atoms with Crippen LogP contribution >= 0.6 is 0 Å². The number of hydrogen-bond acceptors (Lipinski definition) is 4. The molecule has 0 aliphatic carbocycles. The molecule has 0 rings (SSSR count). The highest BCUT2D eigenvalue weighted by atomic mass is 16.5. The summed E-state index contributed by atoms with van der Waals surface area (Å²) in [5.41, 5.74) is 10.1. The summed E-state index contributed by atoms with van der Waals surface area (Å²) in [5.74, 6) is -1.55. The van der Waals surface area contributed by atoms with Gasteiger partial charge in [0.15, 0.2) is 0 Å².